The van der Waals surface area contributed by atoms with E-state index in [1.165, 1.54) is 17.3 Å². The molecule has 1 aromatic heterocycles. The van der Waals surface area contributed by atoms with E-state index in [-0.39, 0.29) is 23.3 Å². The van der Waals surface area contributed by atoms with Crippen molar-refractivity contribution in [2.75, 3.05) is 5.75 Å². The molecule has 0 radical (unpaired) electrons. The number of hydrogen-bond donors (Lipinski definition) is 1. The van der Waals surface area contributed by atoms with E-state index >= 15 is 0 Å². The summed E-state index contributed by atoms with van der Waals surface area (Å²) in [5.74, 6) is 0.00501. The Morgan fingerprint density at radius 1 is 1.15 bits per heavy atom. The first-order chi connectivity index (χ1) is 15.9. The molecule has 1 unspecified atom stereocenters. The van der Waals surface area contributed by atoms with Gasteiger partial charge in [-0.1, -0.05) is 76.6 Å². The van der Waals surface area contributed by atoms with E-state index in [1.54, 1.807) is 5.01 Å². The van der Waals surface area contributed by atoms with Crippen LogP contribution in [0.3, 0.4) is 0 Å². The van der Waals surface area contributed by atoms with Gasteiger partial charge >= 0.3 is 0 Å². The van der Waals surface area contributed by atoms with Gasteiger partial charge in [-0.25, -0.2) is 9.99 Å². The summed E-state index contributed by atoms with van der Waals surface area (Å²) < 4.78 is 0.996. The lowest BCUT2D eigenvalue weighted by atomic mass is 9.98. The molecule has 2 aromatic carbocycles. The number of nitrogens with zero attached hydrogens (tertiary/aromatic N) is 3. The van der Waals surface area contributed by atoms with Crippen molar-refractivity contribution in [1.29, 1.82) is 0 Å². The summed E-state index contributed by atoms with van der Waals surface area (Å²) >= 11 is 4.70. The van der Waals surface area contributed by atoms with Crippen LogP contribution < -0.4 is 5.56 Å². The average Bonchev–Trinajstić information content (AvgIpc) is 3.24. The number of hydrazone groups is 1. The largest absolute Gasteiger partial charge is 0.301 e. The lowest BCUT2D eigenvalue weighted by molar-refractivity contribution is -0.130. The molecule has 0 saturated carbocycles. The van der Waals surface area contributed by atoms with Crippen LogP contribution in [0.25, 0.3) is 0 Å². The summed E-state index contributed by atoms with van der Waals surface area (Å²) in [6.45, 7) is 5.79. The molecule has 8 heteroatoms. The number of aromatic amines is 1. The molecule has 170 valence electrons. The van der Waals surface area contributed by atoms with Crippen LogP contribution in [-0.2, 0) is 11.2 Å². The number of halogens is 1. The Labute approximate surface area is 205 Å². The molecule has 1 amide bonds. The van der Waals surface area contributed by atoms with Gasteiger partial charge in [-0.05, 0) is 43.5 Å². The van der Waals surface area contributed by atoms with E-state index in [0.29, 0.717) is 29.3 Å². The Balaban J connectivity index is 1.58. The molecule has 0 aliphatic carbocycles. The predicted molar refractivity (Wildman–Crippen MR) is 136 cm³/mol. The summed E-state index contributed by atoms with van der Waals surface area (Å²) in [4.78, 5) is 32.8. The van der Waals surface area contributed by atoms with E-state index in [2.05, 4.69) is 50.2 Å². The fourth-order valence-corrected chi connectivity index (χ4v) is 4.89. The highest BCUT2D eigenvalue weighted by molar-refractivity contribution is 9.10. The lowest BCUT2D eigenvalue weighted by Crippen LogP contribution is -2.29. The minimum absolute atomic E-state index is 0.127. The van der Waals surface area contributed by atoms with Crippen LogP contribution in [0.1, 0.15) is 47.3 Å². The number of aromatic nitrogens is 2. The van der Waals surface area contributed by atoms with Crippen molar-refractivity contribution in [2.45, 2.75) is 44.8 Å². The molecule has 1 N–H and O–H groups in total. The highest BCUT2D eigenvalue weighted by Crippen LogP contribution is 2.34. The quantitative estimate of drug-likeness (QED) is 0.355. The number of amides is 1. The van der Waals surface area contributed by atoms with Gasteiger partial charge in [0.2, 0.25) is 0 Å². The van der Waals surface area contributed by atoms with E-state index in [9.17, 15) is 9.59 Å². The monoisotopic (exact) mass is 524 g/mol. The molecule has 0 fully saturated rings. The van der Waals surface area contributed by atoms with Gasteiger partial charge in [0.25, 0.3) is 11.5 Å². The molecule has 4 rings (SSSR count). The van der Waals surface area contributed by atoms with Crippen LogP contribution in [0.4, 0.5) is 0 Å². The lowest BCUT2D eigenvalue weighted by Gasteiger charge is -2.22. The van der Waals surface area contributed by atoms with Crippen LogP contribution >= 0.6 is 27.7 Å². The van der Waals surface area contributed by atoms with Crippen molar-refractivity contribution >= 4 is 39.3 Å². The first-order valence-corrected chi connectivity index (χ1v) is 12.6. The number of rotatable bonds is 6. The summed E-state index contributed by atoms with van der Waals surface area (Å²) in [5, 5.41) is 6.76. The molecule has 0 bridgehead atoms. The third kappa shape index (κ3) is 5.28. The standard InChI is InChI=1S/C25H25BrN4O2S/c1-4-20-16(3)27-25(28-24(20)32)33-14-23(31)30-22(18-7-5-15(2)6-8-18)13-21(29-30)17-9-11-19(26)12-10-17/h5-12,22H,4,13-14H2,1-3H3,(H,27,28,32). The fourth-order valence-electron chi connectivity index (χ4n) is 3.87. The Morgan fingerprint density at radius 3 is 2.48 bits per heavy atom. The predicted octanol–water partition coefficient (Wildman–Crippen LogP) is 5.18. The zero-order chi connectivity index (χ0) is 23.5. The van der Waals surface area contributed by atoms with E-state index < -0.39 is 0 Å². The first kappa shape index (κ1) is 23.4. The van der Waals surface area contributed by atoms with Gasteiger partial charge in [0.05, 0.1) is 17.5 Å². The van der Waals surface area contributed by atoms with Crippen molar-refractivity contribution < 1.29 is 4.79 Å². The highest BCUT2D eigenvalue weighted by atomic mass is 79.9. The number of carbonyl (C=O) groups excluding carboxylic acids is 1. The molecule has 1 aliphatic rings. The van der Waals surface area contributed by atoms with Gasteiger partial charge in [0.1, 0.15) is 0 Å². The van der Waals surface area contributed by atoms with Crippen LogP contribution in [0.2, 0.25) is 0 Å². The summed E-state index contributed by atoms with van der Waals surface area (Å²) in [7, 11) is 0. The Morgan fingerprint density at radius 2 is 1.85 bits per heavy atom. The molecule has 6 nitrogen and oxygen atoms in total. The second kappa shape index (κ2) is 10.1. The third-order valence-electron chi connectivity index (χ3n) is 5.69. The minimum atomic E-state index is -0.173. The van der Waals surface area contributed by atoms with E-state index in [0.717, 1.165) is 21.3 Å². The number of thioether (sulfide) groups is 1. The zero-order valence-electron chi connectivity index (χ0n) is 18.8. The topological polar surface area (TPSA) is 78.4 Å². The van der Waals surface area contributed by atoms with Gasteiger partial charge in [-0.15, -0.1) is 0 Å². The fraction of sp³-hybridized carbons (Fsp3) is 0.280. The number of benzene rings is 2. The zero-order valence-corrected chi connectivity index (χ0v) is 21.2. The van der Waals surface area contributed by atoms with Crippen molar-refractivity contribution in [3.8, 4) is 0 Å². The number of aryl methyl sites for hydroxylation is 2. The first-order valence-electron chi connectivity index (χ1n) is 10.8. The Bertz CT molecular complexity index is 1250. The van der Waals surface area contributed by atoms with Crippen molar-refractivity contribution in [3.63, 3.8) is 0 Å². The Kier molecular flexibility index (Phi) is 7.14. The second-order valence-electron chi connectivity index (χ2n) is 8.00. The number of carbonyl (C=O) groups is 1. The smallest absolute Gasteiger partial charge is 0.254 e. The normalized spacial score (nSPS) is 15.6. The third-order valence-corrected chi connectivity index (χ3v) is 7.08. The average molecular weight is 525 g/mol. The SMILES string of the molecule is CCc1c(C)nc(SCC(=O)N2N=C(c3ccc(Br)cc3)CC2c2ccc(C)cc2)[nH]c1=O. The van der Waals surface area contributed by atoms with Gasteiger partial charge < -0.3 is 4.98 Å². The van der Waals surface area contributed by atoms with E-state index in [4.69, 9.17) is 5.10 Å². The molecule has 0 saturated heterocycles. The Hall–Kier alpha value is -2.71. The number of nitrogens with one attached hydrogen (secondary N) is 1. The summed E-state index contributed by atoms with van der Waals surface area (Å²) in [5.41, 5.74) is 5.31. The van der Waals surface area contributed by atoms with E-state index in [1.807, 2.05) is 45.0 Å². The highest BCUT2D eigenvalue weighted by Gasteiger charge is 2.33. The summed E-state index contributed by atoms with van der Waals surface area (Å²) in [6.07, 6.45) is 1.26. The molecule has 1 atom stereocenters. The van der Waals surface area contributed by atoms with Crippen molar-refractivity contribution in [2.24, 2.45) is 5.10 Å². The number of H-pyrrole nitrogens is 1. The second-order valence-corrected chi connectivity index (χ2v) is 9.88. The molecular formula is C25H25BrN4O2S. The van der Waals surface area contributed by atoms with Crippen molar-refractivity contribution in [1.82, 2.24) is 15.0 Å². The molecule has 1 aliphatic heterocycles. The van der Waals surface area contributed by atoms with Crippen molar-refractivity contribution in [3.05, 3.63) is 91.3 Å². The maximum absolute atomic E-state index is 13.3. The molecule has 2 heterocycles. The van der Waals surface area contributed by atoms with Crippen LogP contribution in [-0.4, -0.2) is 32.3 Å². The maximum atomic E-state index is 13.3. The van der Waals surface area contributed by atoms with Crippen LogP contribution in [0, 0.1) is 13.8 Å². The maximum Gasteiger partial charge on any atom is 0.254 e. The van der Waals surface area contributed by atoms with Gasteiger partial charge in [-0.3, -0.25) is 9.59 Å². The van der Waals surface area contributed by atoms with Crippen LogP contribution in [0.15, 0.2) is 68.1 Å². The van der Waals surface area contributed by atoms with Crippen LogP contribution in [0.5, 0.6) is 0 Å². The molecular weight excluding hydrogens is 500 g/mol. The van der Waals surface area contributed by atoms with Gasteiger partial charge in [0.15, 0.2) is 5.16 Å². The minimum Gasteiger partial charge on any atom is -0.301 e. The number of hydrogen-bond acceptors (Lipinski definition) is 5. The molecule has 0 spiro atoms. The van der Waals surface area contributed by atoms with Gasteiger partial charge in [-0.2, -0.15) is 5.10 Å². The van der Waals surface area contributed by atoms with Gasteiger partial charge in [0, 0.05) is 22.2 Å². The summed E-state index contributed by atoms with van der Waals surface area (Å²) in [6, 6.07) is 16.0. The molecule has 33 heavy (non-hydrogen) atoms. The molecule has 3 aromatic rings.